The van der Waals surface area contributed by atoms with Crippen LogP contribution in [-0.4, -0.2) is 159 Å². The van der Waals surface area contributed by atoms with E-state index in [1.807, 2.05) is 0 Å². The molecule has 0 aliphatic carbocycles. The van der Waals surface area contributed by atoms with Crippen LogP contribution in [0.2, 0.25) is 90.7 Å². The van der Waals surface area contributed by atoms with Gasteiger partial charge in [-0.05, 0) is 163 Å². The van der Waals surface area contributed by atoms with E-state index in [2.05, 4.69) is 215 Å². The third kappa shape index (κ3) is 20.3. The molecule has 5 fully saturated rings. The van der Waals surface area contributed by atoms with Crippen LogP contribution in [0.3, 0.4) is 0 Å². The summed E-state index contributed by atoms with van der Waals surface area (Å²) in [6.45, 7) is 66.8. The summed E-state index contributed by atoms with van der Waals surface area (Å²) in [4.78, 5) is 26.5. The summed E-state index contributed by atoms with van der Waals surface area (Å²) in [5.41, 5.74) is 2.15. The van der Waals surface area contributed by atoms with E-state index in [4.69, 9.17) is 50.6 Å². The lowest BCUT2D eigenvalue weighted by molar-refractivity contribution is -0.266. The van der Waals surface area contributed by atoms with E-state index in [0.29, 0.717) is 38.7 Å². The van der Waals surface area contributed by atoms with Gasteiger partial charge in [0.05, 0.1) is 73.8 Å². The number of carbonyl (C=O) groups excluding carboxylic acids is 2. The lowest BCUT2D eigenvalue weighted by Gasteiger charge is -2.56. The van der Waals surface area contributed by atoms with Crippen LogP contribution in [0, 0.1) is 5.92 Å². The second-order valence-corrected chi connectivity index (χ2v) is 59.3. The zero-order valence-corrected chi connectivity index (χ0v) is 67.6. The molecule has 5 heterocycles. The number of carbonyl (C=O) groups is 2. The van der Waals surface area contributed by atoms with Crippen LogP contribution in [-0.2, 0) is 60.1 Å². The maximum Gasteiger partial charge on any atom is 0.193 e. The van der Waals surface area contributed by atoms with Crippen LogP contribution in [0.5, 0.6) is 0 Å². The number of halogens is 1. The number of methoxy groups -OCH3 is 1. The molecule has 0 aromatic carbocycles. The highest BCUT2D eigenvalue weighted by Gasteiger charge is 2.59. The van der Waals surface area contributed by atoms with Gasteiger partial charge in [0.1, 0.15) is 36.5 Å². The van der Waals surface area contributed by atoms with Gasteiger partial charge in [-0.15, -0.1) is 0 Å². The van der Waals surface area contributed by atoms with Crippen molar-refractivity contribution in [2.45, 2.75) is 370 Å². The zero-order chi connectivity index (χ0) is 66.8. The molecule has 5 unspecified atom stereocenters. The zero-order valence-electron chi connectivity index (χ0n) is 60.5. The number of fused-ring (bicyclic) bond motifs is 1. The van der Waals surface area contributed by atoms with E-state index < -0.39 is 72.1 Å². The van der Waals surface area contributed by atoms with Crippen molar-refractivity contribution >= 4 is 76.2 Å². The molecule has 5 rings (SSSR count). The highest BCUT2D eigenvalue weighted by atomic mass is 127. The molecule has 0 aromatic rings. The minimum Gasteiger partial charge on any atom is -0.414 e. The first-order valence-corrected chi connectivity index (χ1v) is 49.6. The van der Waals surface area contributed by atoms with Crippen LogP contribution < -0.4 is 0 Å². The van der Waals surface area contributed by atoms with Crippen LogP contribution in [0.15, 0.2) is 34.5 Å². The summed E-state index contributed by atoms with van der Waals surface area (Å²) < 4.78 is 81.5. The van der Waals surface area contributed by atoms with Crippen LogP contribution in [0.1, 0.15) is 187 Å². The molecule has 0 radical (unpaired) electrons. The average molecular weight is 1430 g/mol. The summed E-state index contributed by atoms with van der Waals surface area (Å²) in [5.74, 6) is -0.159. The number of hydrogen-bond donors (Lipinski definition) is 0. The monoisotopic (exact) mass is 1430 g/mol. The van der Waals surface area contributed by atoms with Gasteiger partial charge in [0.15, 0.2) is 41.6 Å². The minimum atomic E-state index is -2.50. The maximum absolute atomic E-state index is 15.3. The molecule has 13 nitrogen and oxygen atoms in total. The standard InChI is InChI=1S/C69H129IO13Si5/c1-46-31-32-49(33-35-54-47(2)40-50(76-54)30-29-39-71)75-57(46)44-58-53(60(73-18)59(78-58)43-52(80-85(21,22)66(6,7)8)45-74-84(19,20)65(3,4)5)42-48(72)41-51-34-36-55-61(77-51)63(82-87(25,26)68(12,13)14)64(83-88(27,28)69(15,16)17)62(79-55)56(37-38-70)81-86(23,24)67(9,10)11/h37-39,49-64H,1-2,29-36,40-45H2,3-28H3/b38-37+/t49-,50+,51-,52+,53+,54+,55+,56?,57-,58+,59-,60+,61?,62?,63?,64?/m1/s1. The summed E-state index contributed by atoms with van der Waals surface area (Å²) in [6.07, 6.45) is 6.90. The Bertz CT molecular complexity index is 2330. The highest BCUT2D eigenvalue weighted by molar-refractivity contribution is 14.1. The summed E-state index contributed by atoms with van der Waals surface area (Å²) in [7, 11) is -10.0. The Morgan fingerprint density at radius 1 is 0.602 bits per heavy atom. The molecule has 0 amide bonds. The van der Waals surface area contributed by atoms with Crippen molar-refractivity contribution in [2.75, 3.05) is 13.7 Å². The van der Waals surface area contributed by atoms with Gasteiger partial charge >= 0.3 is 0 Å². The van der Waals surface area contributed by atoms with Gasteiger partial charge in [0.2, 0.25) is 0 Å². The third-order valence-electron chi connectivity index (χ3n) is 22.8. The number of ketones is 1. The first-order valence-electron chi connectivity index (χ1n) is 33.8. The van der Waals surface area contributed by atoms with Crippen molar-refractivity contribution in [3.63, 3.8) is 0 Å². The third-order valence-corrected chi connectivity index (χ3v) is 45.7. The predicted octanol–water partition coefficient (Wildman–Crippen LogP) is 17.9. The van der Waals surface area contributed by atoms with Crippen LogP contribution in [0.4, 0.5) is 0 Å². The van der Waals surface area contributed by atoms with Crippen LogP contribution >= 0.6 is 22.6 Å². The fourth-order valence-electron chi connectivity index (χ4n) is 11.9. The second-order valence-electron chi connectivity index (χ2n) is 34.7. The Morgan fingerprint density at radius 3 is 1.70 bits per heavy atom. The Balaban J connectivity index is 1.50. The Labute approximate surface area is 556 Å². The molecule has 88 heavy (non-hydrogen) atoms. The lowest BCUT2D eigenvalue weighted by Crippen LogP contribution is -2.69. The van der Waals surface area contributed by atoms with Crippen molar-refractivity contribution in [3.05, 3.63) is 34.5 Å². The summed E-state index contributed by atoms with van der Waals surface area (Å²) in [6, 6.07) is 0. The SMILES string of the molecule is C=C1C[C@H](CCC=O)O[C@H]1CC[C@H]1CCC(=C)[C@@H](C[C@@H]2O[C@H](C[C@@H](CO[Si](C)(C)C(C)(C)C)O[Si](C)(C)C(C)(C)C)[C@@H](OC)[C@H]2CC(=O)C[C@H]2CC[C@@H]3OC(C(/C=C/I)O[Si](C)(C)C(C)(C)C)C(O[Si](C)(C)C(C)(C)C)C(O[Si](C)(C)C(C)(C)C)C3O2)O1. The number of aldehydes is 1. The van der Waals surface area contributed by atoms with Crippen LogP contribution in [0.25, 0.3) is 0 Å². The first-order chi connectivity index (χ1) is 40.1. The fourth-order valence-corrected chi connectivity index (χ4v) is 18.5. The maximum atomic E-state index is 15.3. The van der Waals surface area contributed by atoms with Crippen molar-refractivity contribution in [1.82, 2.24) is 0 Å². The number of hydrogen-bond acceptors (Lipinski definition) is 13. The molecule has 16 atom stereocenters. The highest BCUT2D eigenvalue weighted by Crippen LogP contribution is 2.49. The quantitative estimate of drug-likeness (QED) is 0.0318. The molecule has 5 aliphatic heterocycles. The Morgan fingerprint density at radius 2 is 1.16 bits per heavy atom. The Kier molecular flexibility index (Phi) is 27.3. The first kappa shape index (κ1) is 78.6. The normalized spacial score (nSPS) is 31.1. The van der Waals surface area contributed by atoms with E-state index in [9.17, 15) is 4.79 Å². The van der Waals surface area contributed by atoms with Crippen molar-refractivity contribution in [3.8, 4) is 0 Å². The van der Waals surface area contributed by atoms with Gasteiger partial charge in [-0.25, -0.2) is 0 Å². The largest absolute Gasteiger partial charge is 0.414 e. The number of rotatable bonds is 28. The van der Waals surface area contributed by atoms with E-state index in [1.54, 1.807) is 7.11 Å². The van der Waals surface area contributed by atoms with Gasteiger partial charge < -0.3 is 55.3 Å². The lowest BCUT2D eigenvalue weighted by atomic mass is 9.83. The molecule has 0 saturated carbocycles. The van der Waals surface area contributed by atoms with E-state index in [0.717, 1.165) is 56.0 Å². The summed E-state index contributed by atoms with van der Waals surface area (Å²) in [5, 5.41) is -0.259. The van der Waals surface area contributed by atoms with Gasteiger partial charge in [0, 0.05) is 45.1 Å². The van der Waals surface area contributed by atoms with Crippen molar-refractivity contribution in [2.24, 2.45) is 5.92 Å². The van der Waals surface area contributed by atoms with Gasteiger partial charge in [0.25, 0.3) is 0 Å². The Hall–Kier alpha value is -0.0656. The molecular formula is C69H129IO13Si5. The number of ether oxygens (including phenoxy) is 6. The topological polar surface area (TPSA) is 136 Å². The molecule has 0 N–H and O–H groups in total. The minimum absolute atomic E-state index is 0.00674. The average Bonchev–Trinajstić information content (AvgIpc) is 1.09. The van der Waals surface area contributed by atoms with Crippen molar-refractivity contribution < 1.29 is 60.1 Å². The van der Waals surface area contributed by atoms with Gasteiger partial charge in [-0.3, -0.25) is 4.79 Å². The summed E-state index contributed by atoms with van der Waals surface area (Å²) >= 11 is 2.32. The van der Waals surface area contributed by atoms with Gasteiger partial charge in [-0.1, -0.05) is 140 Å². The van der Waals surface area contributed by atoms with Crippen molar-refractivity contribution in [1.29, 1.82) is 0 Å². The smallest absolute Gasteiger partial charge is 0.193 e. The van der Waals surface area contributed by atoms with E-state index in [-0.39, 0.29) is 111 Å². The fraction of sp³-hybridized carbons (Fsp3) is 0.884. The molecule has 510 valence electrons. The van der Waals surface area contributed by atoms with E-state index >= 15 is 4.79 Å². The molecule has 0 aromatic heterocycles. The predicted molar refractivity (Wildman–Crippen MR) is 382 cm³/mol. The second kappa shape index (κ2) is 30.6. The molecule has 5 aliphatic rings. The molecule has 0 spiro atoms. The van der Waals surface area contributed by atoms with Gasteiger partial charge in [-0.2, -0.15) is 0 Å². The molecule has 19 heteroatoms. The number of Topliss-reactive ketones (excluding diaryl/α,β-unsaturated/α-hetero) is 1. The molecule has 0 bridgehead atoms. The molecular weight excluding hydrogens is 1300 g/mol. The molecule has 5 saturated heterocycles. The van der Waals surface area contributed by atoms with E-state index in [1.165, 1.54) is 0 Å².